The van der Waals surface area contributed by atoms with Crippen molar-refractivity contribution in [1.82, 2.24) is 29.7 Å². The molecule has 0 radical (unpaired) electrons. The van der Waals surface area contributed by atoms with Gasteiger partial charge in [-0.15, -0.1) is 11.3 Å². The minimum Gasteiger partial charge on any atom is -0.495 e. The van der Waals surface area contributed by atoms with Crippen LogP contribution in [0.2, 0.25) is 0 Å². The average molecular weight is 520 g/mol. The first-order valence-corrected chi connectivity index (χ1v) is 13.7. The van der Waals surface area contributed by atoms with Gasteiger partial charge >= 0.3 is 0 Å². The number of likely N-dealkylation sites (tertiary alicyclic amines) is 1. The molecule has 5 heterocycles. The Kier molecular flexibility index (Phi) is 6.58. The van der Waals surface area contributed by atoms with Gasteiger partial charge in [0.05, 0.1) is 24.0 Å². The van der Waals surface area contributed by atoms with E-state index < -0.39 is 0 Å². The summed E-state index contributed by atoms with van der Waals surface area (Å²) in [7, 11) is 1.72. The number of rotatable bonds is 6. The summed E-state index contributed by atoms with van der Waals surface area (Å²) in [6, 6.07) is 6.51. The molecule has 37 heavy (non-hydrogen) atoms. The van der Waals surface area contributed by atoms with Crippen LogP contribution < -0.4 is 15.8 Å². The maximum absolute atomic E-state index is 12.4. The van der Waals surface area contributed by atoms with Gasteiger partial charge in [-0.05, 0) is 43.0 Å². The van der Waals surface area contributed by atoms with Crippen molar-refractivity contribution in [3.8, 4) is 16.2 Å². The van der Waals surface area contributed by atoms with Crippen LogP contribution in [0.15, 0.2) is 24.5 Å². The Hall–Kier alpha value is -3.05. The fraction of sp³-hybridized carbons (Fsp3) is 0.444. The summed E-state index contributed by atoms with van der Waals surface area (Å²) in [5.74, 6) is 1.65. The lowest BCUT2D eigenvalue weighted by Crippen LogP contribution is -2.43. The van der Waals surface area contributed by atoms with Gasteiger partial charge in [-0.1, -0.05) is 6.07 Å². The van der Waals surface area contributed by atoms with E-state index in [2.05, 4.69) is 45.2 Å². The zero-order valence-electron chi connectivity index (χ0n) is 21.4. The number of nitrogens with one attached hydrogen (secondary N) is 1. The first-order chi connectivity index (χ1) is 18.0. The van der Waals surface area contributed by atoms with Crippen LogP contribution in [0.1, 0.15) is 29.7 Å². The number of methoxy groups -OCH3 is 1. The number of piperazine rings is 1. The maximum atomic E-state index is 12.4. The molecule has 2 aliphatic heterocycles. The second-order valence-corrected chi connectivity index (χ2v) is 11.1. The minimum absolute atomic E-state index is 0.307. The molecule has 0 aliphatic carbocycles. The average Bonchev–Trinajstić information content (AvgIpc) is 3.44. The Labute approximate surface area is 220 Å². The molecular weight excluding hydrogens is 486 g/mol. The molecule has 0 saturated carbocycles. The van der Waals surface area contributed by atoms with Crippen molar-refractivity contribution in [2.45, 2.75) is 32.9 Å². The number of thiophene rings is 1. The molecule has 6 rings (SSSR count). The molecule has 0 unspecified atom stereocenters. The lowest BCUT2D eigenvalue weighted by atomic mass is 10.0. The molecule has 0 bridgehead atoms. The third-order valence-electron chi connectivity index (χ3n) is 7.45. The first-order valence-electron chi connectivity index (χ1n) is 12.9. The van der Waals surface area contributed by atoms with Crippen LogP contribution >= 0.6 is 11.3 Å². The van der Waals surface area contributed by atoms with Gasteiger partial charge in [-0.25, -0.2) is 9.50 Å². The van der Waals surface area contributed by atoms with Crippen molar-refractivity contribution < 1.29 is 9.53 Å². The van der Waals surface area contributed by atoms with E-state index in [4.69, 9.17) is 15.6 Å². The monoisotopic (exact) mass is 519 g/mol. The fourth-order valence-corrected chi connectivity index (χ4v) is 6.91. The lowest BCUT2D eigenvalue weighted by Gasteiger charge is -2.29. The van der Waals surface area contributed by atoms with Crippen LogP contribution in [0.25, 0.3) is 26.0 Å². The summed E-state index contributed by atoms with van der Waals surface area (Å²) in [4.78, 5) is 22.6. The van der Waals surface area contributed by atoms with Gasteiger partial charge in [0.15, 0.2) is 5.82 Å². The van der Waals surface area contributed by atoms with E-state index in [-0.39, 0.29) is 0 Å². The first kappa shape index (κ1) is 24.3. The van der Waals surface area contributed by atoms with Gasteiger partial charge in [-0.3, -0.25) is 14.6 Å². The molecular formula is C27H33N7O2S. The Balaban J connectivity index is 1.57. The van der Waals surface area contributed by atoms with E-state index >= 15 is 0 Å². The van der Waals surface area contributed by atoms with E-state index in [0.717, 1.165) is 88.7 Å². The van der Waals surface area contributed by atoms with Crippen molar-refractivity contribution in [3.63, 3.8) is 0 Å². The number of carbonyl (C=O) groups is 1. The van der Waals surface area contributed by atoms with Crippen LogP contribution in [0, 0.1) is 6.92 Å². The number of benzene rings is 1. The standard InChI is InChI=1S/C27H33N7O2S/c1-17-10-18-12-23(37-26(18)22(11-17)36-2)24-20(14-33-7-3-4-19(35)13-33)21(15-32-8-5-29-6-9-32)34-25(24)27(28)30-16-31-34/h10-12,16,29H,3-9,13-15H2,1-2H3,(H2,28,30,31). The van der Waals surface area contributed by atoms with Crippen molar-refractivity contribution in [1.29, 1.82) is 0 Å². The van der Waals surface area contributed by atoms with Crippen LogP contribution in [0.5, 0.6) is 5.75 Å². The second kappa shape index (κ2) is 10.0. The smallest absolute Gasteiger partial charge is 0.152 e. The van der Waals surface area contributed by atoms with Crippen molar-refractivity contribution in [2.24, 2.45) is 0 Å². The molecule has 9 nitrogen and oxygen atoms in total. The van der Waals surface area contributed by atoms with Crippen LogP contribution in [-0.4, -0.2) is 76.6 Å². The van der Waals surface area contributed by atoms with Crippen molar-refractivity contribution in [2.75, 3.05) is 52.1 Å². The highest BCUT2D eigenvalue weighted by molar-refractivity contribution is 7.22. The van der Waals surface area contributed by atoms with Gasteiger partial charge in [0.2, 0.25) is 0 Å². The van der Waals surface area contributed by atoms with Crippen molar-refractivity contribution in [3.05, 3.63) is 41.3 Å². The topological polar surface area (TPSA) is 101 Å². The number of nitrogens with two attached hydrogens (primary N) is 1. The van der Waals surface area contributed by atoms with E-state index in [0.29, 0.717) is 31.1 Å². The minimum atomic E-state index is 0.307. The molecule has 4 aromatic rings. The highest BCUT2D eigenvalue weighted by Crippen LogP contribution is 2.44. The molecule has 2 aliphatic rings. The van der Waals surface area contributed by atoms with Crippen LogP contribution in [0.4, 0.5) is 5.82 Å². The molecule has 194 valence electrons. The summed E-state index contributed by atoms with van der Waals surface area (Å²) >= 11 is 1.71. The second-order valence-electron chi connectivity index (χ2n) is 10.1. The number of hydrogen-bond acceptors (Lipinski definition) is 9. The number of hydrogen-bond donors (Lipinski definition) is 2. The highest BCUT2D eigenvalue weighted by atomic mass is 32.1. The summed E-state index contributed by atoms with van der Waals surface area (Å²) in [6.07, 6.45) is 3.11. The Morgan fingerprint density at radius 3 is 2.76 bits per heavy atom. The lowest BCUT2D eigenvalue weighted by molar-refractivity contribution is -0.122. The number of ether oxygens (including phenoxy) is 1. The van der Waals surface area contributed by atoms with Crippen LogP contribution in [0.3, 0.4) is 0 Å². The van der Waals surface area contributed by atoms with Crippen molar-refractivity contribution >= 4 is 38.5 Å². The molecule has 2 saturated heterocycles. The van der Waals surface area contributed by atoms with E-state index in [1.807, 2.05) is 4.52 Å². The number of aromatic nitrogens is 3. The summed E-state index contributed by atoms with van der Waals surface area (Å²) in [5.41, 5.74) is 11.9. The molecule has 1 aromatic carbocycles. The summed E-state index contributed by atoms with van der Waals surface area (Å²) in [5, 5.41) is 9.29. The van der Waals surface area contributed by atoms with Gasteiger partial charge in [0.25, 0.3) is 0 Å². The summed E-state index contributed by atoms with van der Waals surface area (Å²) < 4.78 is 8.84. The number of piperidine rings is 1. The maximum Gasteiger partial charge on any atom is 0.152 e. The predicted octanol–water partition coefficient (Wildman–Crippen LogP) is 3.08. The fourth-order valence-electron chi connectivity index (χ4n) is 5.70. The third-order valence-corrected chi connectivity index (χ3v) is 8.63. The molecule has 0 spiro atoms. The van der Waals surface area contributed by atoms with Gasteiger partial charge in [0.1, 0.15) is 23.4 Å². The molecule has 0 atom stereocenters. The Bertz CT molecular complexity index is 1470. The largest absolute Gasteiger partial charge is 0.495 e. The molecule has 10 heteroatoms. The molecule has 3 N–H and O–H groups in total. The summed E-state index contributed by atoms with van der Waals surface area (Å²) in [6.45, 7) is 8.82. The number of anilines is 1. The zero-order valence-corrected chi connectivity index (χ0v) is 22.2. The van der Waals surface area contributed by atoms with E-state index in [1.54, 1.807) is 24.8 Å². The van der Waals surface area contributed by atoms with Crippen LogP contribution in [-0.2, 0) is 17.9 Å². The van der Waals surface area contributed by atoms with E-state index in [9.17, 15) is 4.79 Å². The predicted molar refractivity (Wildman–Crippen MR) is 147 cm³/mol. The molecule has 3 aromatic heterocycles. The quantitative estimate of drug-likeness (QED) is 0.401. The Morgan fingerprint density at radius 2 is 1.97 bits per heavy atom. The number of nitrogen functional groups attached to an aromatic ring is 1. The number of fused-ring (bicyclic) bond motifs is 2. The number of nitrogens with zero attached hydrogens (tertiary/aromatic N) is 5. The highest BCUT2D eigenvalue weighted by Gasteiger charge is 2.28. The number of aryl methyl sites for hydroxylation is 1. The van der Waals surface area contributed by atoms with Gasteiger partial charge < -0.3 is 15.8 Å². The van der Waals surface area contributed by atoms with Gasteiger partial charge in [0, 0.05) is 61.7 Å². The third kappa shape index (κ3) is 4.59. The SMILES string of the molecule is COc1cc(C)cc2cc(-c3c(CN4CCCC(=O)C4)c(CN4CCNCC4)n4ncnc(N)c34)sc12. The normalized spacial score (nSPS) is 17.7. The Morgan fingerprint density at radius 1 is 1.14 bits per heavy atom. The molecule has 0 amide bonds. The van der Waals surface area contributed by atoms with Gasteiger partial charge in [-0.2, -0.15) is 5.10 Å². The molecule has 2 fully saturated rings. The zero-order chi connectivity index (χ0) is 25.5. The van der Waals surface area contributed by atoms with E-state index in [1.165, 1.54) is 5.56 Å². The number of ketones is 1. The number of Topliss-reactive ketones (excluding diaryl/α,β-unsaturated/α-hetero) is 1. The number of carbonyl (C=O) groups excluding carboxylic acids is 1.